The maximum absolute atomic E-state index is 13.6. The molecular formula is C21H19FN4O2S. The van der Waals surface area contributed by atoms with Crippen molar-refractivity contribution in [3.05, 3.63) is 77.1 Å². The molecule has 0 saturated carbocycles. The second-order valence-electron chi connectivity index (χ2n) is 6.40. The first kappa shape index (κ1) is 20.5. The molecule has 0 aliphatic heterocycles. The van der Waals surface area contributed by atoms with Gasteiger partial charge >= 0.3 is 0 Å². The average molecular weight is 410 g/mol. The number of benzene rings is 2. The summed E-state index contributed by atoms with van der Waals surface area (Å²) >= 11 is 1.22. The van der Waals surface area contributed by atoms with Gasteiger partial charge in [0.05, 0.1) is 11.3 Å². The van der Waals surface area contributed by atoms with Gasteiger partial charge in [0.1, 0.15) is 10.8 Å². The molecule has 2 N–H and O–H groups in total. The van der Waals surface area contributed by atoms with E-state index >= 15 is 0 Å². The zero-order valence-electron chi connectivity index (χ0n) is 15.9. The van der Waals surface area contributed by atoms with Gasteiger partial charge in [-0.15, -0.1) is 10.2 Å². The van der Waals surface area contributed by atoms with Gasteiger partial charge in [-0.1, -0.05) is 30.0 Å². The van der Waals surface area contributed by atoms with Crippen molar-refractivity contribution in [2.24, 2.45) is 0 Å². The first-order chi connectivity index (χ1) is 13.9. The number of rotatable bonds is 6. The van der Waals surface area contributed by atoms with Gasteiger partial charge in [0, 0.05) is 5.69 Å². The largest absolute Gasteiger partial charge is 0.325 e. The molecule has 0 aliphatic carbocycles. The molecule has 8 heteroatoms. The molecule has 3 aromatic rings. The topological polar surface area (TPSA) is 84.0 Å². The Labute approximate surface area is 171 Å². The lowest BCUT2D eigenvalue weighted by Gasteiger charge is -2.08. The lowest BCUT2D eigenvalue weighted by atomic mass is 10.1. The number of carbonyl (C=O) groups excluding carboxylic acids is 2. The zero-order chi connectivity index (χ0) is 20.8. The van der Waals surface area contributed by atoms with Crippen molar-refractivity contribution in [2.45, 2.75) is 18.9 Å². The summed E-state index contributed by atoms with van der Waals surface area (Å²) < 4.78 is 13.6. The Morgan fingerprint density at radius 2 is 1.69 bits per heavy atom. The van der Waals surface area contributed by atoms with Crippen molar-refractivity contribution in [1.29, 1.82) is 0 Å². The lowest BCUT2D eigenvalue weighted by Crippen LogP contribution is -2.15. The van der Waals surface area contributed by atoms with E-state index in [4.69, 9.17) is 0 Å². The van der Waals surface area contributed by atoms with E-state index in [0.717, 1.165) is 16.8 Å². The summed E-state index contributed by atoms with van der Waals surface area (Å²) in [6, 6.07) is 14.7. The molecule has 0 aliphatic rings. The highest BCUT2D eigenvalue weighted by molar-refractivity contribution is 7.99. The van der Waals surface area contributed by atoms with Crippen molar-refractivity contribution < 1.29 is 14.0 Å². The number of carbonyl (C=O) groups is 2. The molecule has 0 atom stereocenters. The van der Waals surface area contributed by atoms with Crippen molar-refractivity contribution in [2.75, 3.05) is 16.4 Å². The standard InChI is InChI=1S/C21H19FN4O2S/c1-13-9-14(2)11-15(10-13)23-19(27)12-29-20-8-7-18(25-26-20)24-21(28)16-5-3-4-6-17(16)22/h3-11H,12H2,1-2H3,(H,23,27)(H,24,25,28). The third-order valence-electron chi connectivity index (χ3n) is 3.86. The minimum absolute atomic E-state index is 0.0733. The average Bonchev–Trinajstić information content (AvgIpc) is 2.67. The van der Waals surface area contributed by atoms with Gasteiger partial charge in [-0.3, -0.25) is 9.59 Å². The molecule has 0 radical (unpaired) electrons. The summed E-state index contributed by atoms with van der Waals surface area (Å²) in [6.07, 6.45) is 0. The van der Waals surface area contributed by atoms with E-state index in [9.17, 15) is 14.0 Å². The highest BCUT2D eigenvalue weighted by Crippen LogP contribution is 2.18. The number of anilines is 2. The Hall–Kier alpha value is -3.26. The number of hydrogen-bond donors (Lipinski definition) is 2. The van der Waals surface area contributed by atoms with Crippen LogP contribution in [-0.2, 0) is 4.79 Å². The normalized spacial score (nSPS) is 10.4. The number of halogens is 1. The fourth-order valence-electron chi connectivity index (χ4n) is 2.68. The van der Waals surface area contributed by atoms with Crippen molar-refractivity contribution in [3.63, 3.8) is 0 Å². The molecule has 2 aromatic carbocycles. The van der Waals surface area contributed by atoms with Crippen LogP contribution < -0.4 is 10.6 Å². The van der Waals surface area contributed by atoms with E-state index in [2.05, 4.69) is 20.8 Å². The predicted molar refractivity (Wildman–Crippen MR) is 112 cm³/mol. The SMILES string of the molecule is Cc1cc(C)cc(NC(=O)CSc2ccc(NC(=O)c3ccccc3F)nn2)c1. The van der Waals surface area contributed by atoms with Gasteiger partial charge in [0.2, 0.25) is 5.91 Å². The third-order valence-corrected chi connectivity index (χ3v) is 4.78. The van der Waals surface area contributed by atoms with Crippen molar-refractivity contribution in [3.8, 4) is 0 Å². The number of thioether (sulfide) groups is 1. The van der Waals surface area contributed by atoms with Gasteiger partial charge in [0.15, 0.2) is 5.82 Å². The van der Waals surface area contributed by atoms with Crippen LogP contribution in [0.5, 0.6) is 0 Å². The van der Waals surface area contributed by atoms with Crippen LogP contribution in [0.1, 0.15) is 21.5 Å². The maximum Gasteiger partial charge on any atom is 0.259 e. The number of aryl methyl sites for hydroxylation is 2. The molecule has 6 nitrogen and oxygen atoms in total. The number of nitrogens with zero attached hydrogens (tertiary/aromatic N) is 2. The summed E-state index contributed by atoms with van der Waals surface area (Å²) in [5, 5.41) is 13.8. The monoisotopic (exact) mass is 410 g/mol. The van der Waals surface area contributed by atoms with E-state index in [1.165, 1.54) is 30.0 Å². The van der Waals surface area contributed by atoms with Crippen molar-refractivity contribution in [1.82, 2.24) is 10.2 Å². The van der Waals surface area contributed by atoms with Crippen LogP contribution in [0.2, 0.25) is 0 Å². The van der Waals surface area contributed by atoms with E-state index in [1.807, 2.05) is 32.0 Å². The van der Waals surface area contributed by atoms with Gasteiger partial charge in [-0.05, 0) is 61.4 Å². The predicted octanol–water partition coefficient (Wildman–Crippen LogP) is 4.22. The summed E-state index contributed by atoms with van der Waals surface area (Å²) in [5.41, 5.74) is 2.83. The van der Waals surface area contributed by atoms with Crippen LogP contribution in [0.25, 0.3) is 0 Å². The lowest BCUT2D eigenvalue weighted by molar-refractivity contribution is -0.113. The van der Waals surface area contributed by atoms with Crippen molar-refractivity contribution >= 4 is 35.1 Å². The molecule has 0 saturated heterocycles. The smallest absolute Gasteiger partial charge is 0.259 e. The Morgan fingerprint density at radius 1 is 0.966 bits per heavy atom. The minimum atomic E-state index is -0.611. The van der Waals surface area contributed by atoms with Crippen LogP contribution in [-0.4, -0.2) is 27.8 Å². The fraction of sp³-hybridized carbons (Fsp3) is 0.143. The van der Waals surface area contributed by atoms with Crippen LogP contribution in [0.3, 0.4) is 0 Å². The first-order valence-corrected chi connectivity index (χ1v) is 9.80. The number of hydrogen-bond acceptors (Lipinski definition) is 5. The first-order valence-electron chi connectivity index (χ1n) is 8.81. The number of nitrogens with one attached hydrogen (secondary N) is 2. The number of amides is 2. The Morgan fingerprint density at radius 3 is 2.34 bits per heavy atom. The Bertz CT molecular complexity index is 1020. The van der Waals surface area contributed by atoms with Crippen LogP contribution >= 0.6 is 11.8 Å². The molecule has 0 fully saturated rings. The molecule has 0 unspecified atom stereocenters. The summed E-state index contributed by atoms with van der Waals surface area (Å²) in [7, 11) is 0. The Kier molecular flexibility index (Phi) is 6.56. The molecule has 0 bridgehead atoms. The summed E-state index contributed by atoms with van der Waals surface area (Å²) in [6.45, 7) is 3.94. The summed E-state index contributed by atoms with van der Waals surface area (Å²) in [4.78, 5) is 24.2. The fourth-order valence-corrected chi connectivity index (χ4v) is 3.29. The molecule has 0 spiro atoms. The van der Waals surface area contributed by atoms with E-state index in [1.54, 1.807) is 18.2 Å². The molecule has 3 rings (SSSR count). The van der Waals surface area contributed by atoms with Crippen LogP contribution in [0, 0.1) is 19.7 Å². The van der Waals surface area contributed by atoms with E-state index < -0.39 is 11.7 Å². The molecule has 29 heavy (non-hydrogen) atoms. The minimum Gasteiger partial charge on any atom is -0.325 e. The van der Waals surface area contributed by atoms with Crippen LogP contribution in [0.4, 0.5) is 15.9 Å². The quantitative estimate of drug-likeness (QED) is 0.595. The third kappa shape index (κ3) is 5.86. The highest BCUT2D eigenvalue weighted by atomic mass is 32.2. The molecule has 1 heterocycles. The van der Waals surface area contributed by atoms with Gasteiger partial charge in [-0.25, -0.2) is 4.39 Å². The highest BCUT2D eigenvalue weighted by Gasteiger charge is 2.12. The van der Waals surface area contributed by atoms with E-state index in [0.29, 0.717) is 5.03 Å². The second-order valence-corrected chi connectivity index (χ2v) is 7.40. The molecule has 148 valence electrons. The van der Waals surface area contributed by atoms with E-state index in [-0.39, 0.29) is 23.0 Å². The van der Waals surface area contributed by atoms with Crippen LogP contribution in [0.15, 0.2) is 59.6 Å². The second kappa shape index (κ2) is 9.29. The Balaban J connectivity index is 1.53. The summed E-state index contributed by atoms with van der Waals surface area (Å²) in [5.74, 6) is -1.01. The van der Waals surface area contributed by atoms with Gasteiger partial charge < -0.3 is 10.6 Å². The molecular weight excluding hydrogens is 391 g/mol. The van der Waals surface area contributed by atoms with Gasteiger partial charge in [0.25, 0.3) is 5.91 Å². The van der Waals surface area contributed by atoms with Gasteiger partial charge in [-0.2, -0.15) is 0 Å². The molecule has 2 amide bonds. The molecule has 1 aromatic heterocycles. The zero-order valence-corrected chi connectivity index (χ0v) is 16.7. The number of aromatic nitrogens is 2. The maximum atomic E-state index is 13.6.